The topological polar surface area (TPSA) is 69.7 Å². The monoisotopic (exact) mass is 409 g/mol. The van der Waals surface area contributed by atoms with Gasteiger partial charge in [-0.15, -0.1) is 0 Å². The number of sulfonamides is 1. The fourth-order valence-electron chi connectivity index (χ4n) is 3.06. The van der Waals surface area contributed by atoms with Crippen molar-refractivity contribution in [2.45, 2.75) is 11.8 Å². The molecule has 0 unspecified atom stereocenters. The van der Waals surface area contributed by atoms with E-state index in [4.69, 9.17) is 0 Å². The van der Waals surface area contributed by atoms with Crippen molar-refractivity contribution in [3.63, 3.8) is 0 Å². The average molecular weight is 409 g/mol. The zero-order valence-electron chi connectivity index (χ0n) is 15.4. The molecule has 1 saturated heterocycles. The third kappa shape index (κ3) is 4.54. The van der Waals surface area contributed by atoms with Crippen molar-refractivity contribution in [3.8, 4) is 0 Å². The molecule has 1 fully saturated rings. The van der Waals surface area contributed by atoms with Crippen LogP contribution in [-0.2, 0) is 10.0 Å². The summed E-state index contributed by atoms with van der Waals surface area (Å²) in [4.78, 5) is 14.5. The summed E-state index contributed by atoms with van der Waals surface area (Å²) < 4.78 is 53.8. The van der Waals surface area contributed by atoms with Crippen LogP contribution >= 0.6 is 0 Å². The second-order valence-electron chi connectivity index (χ2n) is 6.48. The molecule has 150 valence electrons. The van der Waals surface area contributed by atoms with Gasteiger partial charge in [0.1, 0.15) is 11.6 Å². The van der Waals surface area contributed by atoms with Crippen molar-refractivity contribution >= 4 is 21.6 Å². The summed E-state index contributed by atoms with van der Waals surface area (Å²) in [6.45, 7) is 5.02. The number of hydrogen-bond donors (Lipinski definition) is 1. The molecule has 6 nitrogen and oxygen atoms in total. The average Bonchev–Trinajstić information content (AvgIpc) is 2.67. The Morgan fingerprint density at radius 1 is 1.04 bits per heavy atom. The lowest BCUT2D eigenvalue weighted by Crippen LogP contribution is -2.48. The van der Waals surface area contributed by atoms with Crippen molar-refractivity contribution in [2.24, 2.45) is 0 Å². The molecule has 0 atom stereocenters. The maximum Gasteiger partial charge on any atom is 0.255 e. The van der Waals surface area contributed by atoms with Gasteiger partial charge in [-0.3, -0.25) is 4.79 Å². The van der Waals surface area contributed by atoms with E-state index < -0.39 is 27.6 Å². The van der Waals surface area contributed by atoms with Gasteiger partial charge in [0.05, 0.1) is 4.90 Å². The fraction of sp³-hybridized carbons (Fsp3) is 0.316. The van der Waals surface area contributed by atoms with Gasteiger partial charge in [0.2, 0.25) is 10.0 Å². The predicted molar refractivity (Wildman–Crippen MR) is 102 cm³/mol. The maximum absolute atomic E-state index is 13.3. The quantitative estimate of drug-likeness (QED) is 0.824. The number of carbonyl (C=O) groups is 1. The van der Waals surface area contributed by atoms with E-state index in [0.717, 1.165) is 18.7 Å². The molecule has 0 spiro atoms. The minimum Gasteiger partial charge on any atom is -0.322 e. The molecule has 1 aliphatic heterocycles. The molecule has 0 saturated carbocycles. The summed E-state index contributed by atoms with van der Waals surface area (Å²) in [7, 11) is -3.69. The van der Waals surface area contributed by atoms with Gasteiger partial charge in [-0.1, -0.05) is 13.0 Å². The van der Waals surface area contributed by atoms with Gasteiger partial charge < -0.3 is 10.2 Å². The van der Waals surface area contributed by atoms with E-state index in [0.29, 0.717) is 32.2 Å². The Kier molecular flexibility index (Phi) is 6.07. The van der Waals surface area contributed by atoms with Gasteiger partial charge in [0.15, 0.2) is 0 Å². The molecule has 9 heteroatoms. The molecule has 3 rings (SSSR count). The van der Waals surface area contributed by atoms with Crippen LogP contribution in [0.2, 0.25) is 0 Å². The number of carbonyl (C=O) groups excluding carboxylic acids is 1. The summed E-state index contributed by atoms with van der Waals surface area (Å²) in [5.41, 5.74) is 0.0318. The first kappa shape index (κ1) is 20.4. The summed E-state index contributed by atoms with van der Waals surface area (Å²) in [5, 5.41) is 2.48. The number of hydrogen-bond acceptors (Lipinski definition) is 4. The number of rotatable bonds is 5. The van der Waals surface area contributed by atoms with E-state index >= 15 is 0 Å². The summed E-state index contributed by atoms with van der Waals surface area (Å²) >= 11 is 0. The van der Waals surface area contributed by atoms with E-state index in [1.165, 1.54) is 28.6 Å². The highest BCUT2D eigenvalue weighted by atomic mass is 32.2. The molecule has 28 heavy (non-hydrogen) atoms. The van der Waals surface area contributed by atoms with Crippen LogP contribution < -0.4 is 5.32 Å². The number of nitrogens with one attached hydrogen (secondary N) is 1. The molecule has 0 bridgehead atoms. The molecule has 0 aliphatic carbocycles. The number of halogens is 2. The third-order valence-corrected chi connectivity index (χ3v) is 6.53. The van der Waals surface area contributed by atoms with Crippen molar-refractivity contribution in [3.05, 3.63) is 59.7 Å². The van der Waals surface area contributed by atoms with Gasteiger partial charge in [0, 0.05) is 43.5 Å². The Labute approximate surface area is 162 Å². The summed E-state index contributed by atoms with van der Waals surface area (Å²) in [6, 6.07) is 8.31. The van der Waals surface area contributed by atoms with Crippen LogP contribution in [0.25, 0.3) is 0 Å². The summed E-state index contributed by atoms with van der Waals surface area (Å²) in [5.74, 6) is -2.47. The van der Waals surface area contributed by atoms with Crippen LogP contribution in [-0.4, -0.2) is 56.3 Å². The normalized spacial score (nSPS) is 16.1. The lowest BCUT2D eigenvalue weighted by atomic mass is 10.2. The number of anilines is 1. The Bertz CT molecular complexity index is 954. The van der Waals surface area contributed by atoms with Crippen molar-refractivity contribution < 1.29 is 22.0 Å². The second kappa shape index (κ2) is 8.34. The Morgan fingerprint density at radius 2 is 1.68 bits per heavy atom. The highest BCUT2D eigenvalue weighted by Gasteiger charge is 2.28. The van der Waals surface area contributed by atoms with Gasteiger partial charge >= 0.3 is 0 Å². The first-order valence-corrected chi connectivity index (χ1v) is 10.3. The molecule has 1 N–H and O–H groups in total. The van der Waals surface area contributed by atoms with Crippen molar-refractivity contribution in [2.75, 3.05) is 38.0 Å². The molecule has 0 radical (unpaired) electrons. The Balaban J connectivity index is 1.77. The van der Waals surface area contributed by atoms with Crippen LogP contribution in [0.3, 0.4) is 0 Å². The Morgan fingerprint density at radius 3 is 2.29 bits per heavy atom. The number of amides is 1. The lowest BCUT2D eigenvalue weighted by Gasteiger charge is -2.33. The SMILES string of the molecule is CCN1CCN(S(=O)(=O)c2cccc(NC(=O)c3cc(F)cc(F)c3)c2)CC1. The van der Waals surface area contributed by atoms with Gasteiger partial charge in [-0.25, -0.2) is 17.2 Å². The smallest absolute Gasteiger partial charge is 0.255 e. The molecule has 0 aromatic heterocycles. The van der Waals surface area contributed by atoms with E-state index in [2.05, 4.69) is 10.2 Å². The van der Waals surface area contributed by atoms with Gasteiger partial charge in [-0.2, -0.15) is 4.31 Å². The zero-order valence-corrected chi connectivity index (χ0v) is 16.2. The van der Waals surface area contributed by atoms with Crippen LogP contribution in [0.5, 0.6) is 0 Å². The molecule has 2 aromatic rings. The van der Waals surface area contributed by atoms with Gasteiger partial charge in [-0.05, 0) is 36.9 Å². The van der Waals surface area contributed by atoms with Gasteiger partial charge in [0.25, 0.3) is 5.91 Å². The number of nitrogens with zero attached hydrogens (tertiary/aromatic N) is 2. The first-order chi connectivity index (χ1) is 13.3. The molecule has 1 aliphatic rings. The number of benzene rings is 2. The maximum atomic E-state index is 13.3. The Hall–Kier alpha value is -2.36. The van der Waals surface area contributed by atoms with E-state index in [1.54, 1.807) is 0 Å². The fourth-order valence-corrected chi connectivity index (χ4v) is 4.53. The highest BCUT2D eigenvalue weighted by molar-refractivity contribution is 7.89. The predicted octanol–water partition coefficient (Wildman–Crippen LogP) is 2.54. The van der Waals surface area contributed by atoms with E-state index in [1.807, 2.05) is 6.92 Å². The van der Waals surface area contributed by atoms with Crippen LogP contribution in [0.4, 0.5) is 14.5 Å². The molecular formula is C19H21F2N3O3S. The highest BCUT2D eigenvalue weighted by Crippen LogP contribution is 2.21. The van der Waals surface area contributed by atoms with Crippen LogP contribution in [0.1, 0.15) is 17.3 Å². The third-order valence-electron chi connectivity index (χ3n) is 4.63. The van der Waals surface area contributed by atoms with E-state index in [9.17, 15) is 22.0 Å². The molecule has 1 amide bonds. The van der Waals surface area contributed by atoms with Crippen molar-refractivity contribution in [1.29, 1.82) is 0 Å². The van der Waals surface area contributed by atoms with Crippen LogP contribution in [0.15, 0.2) is 47.4 Å². The molecule has 1 heterocycles. The van der Waals surface area contributed by atoms with E-state index in [-0.39, 0.29) is 16.1 Å². The zero-order chi connectivity index (χ0) is 20.3. The van der Waals surface area contributed by atoms with Crippen molar-refractivity contribution in [1.82, 2.24) is 9.21 Å². The van der Waals surface area contributed by atoms with Crippen LogP contribution in [0, 0.1) is 11.6 Å². The summed E-state index contributed by atoms with van der Waals surface area (Å²) in [6.07, 6.45) is 0. The largest absolute Gasteiger partial charge is 0.322 e. The standard InChI is InChI=1S/C19H21F2N3O3S/c1-2-23-6-8-24(9-7-23)28(26,27)18-5-3-4-17(13-18)22-19(25)14-10-15(20)12-16(21)11-14/h3-5,10-13H,2,6-9H2,1H3,(H,22,25). The number of likely N-dealkylation sites (N-methyl/N-ethyl adjacent to an activating group) is 1. The lowest BCUT2D eigenvalue weighted by molar-refractivity contribution is 0.102. The second-order valence-corrected chi connectivity index (χ2v) is 8.42. The minimum atomic E-state index is -3.69. The minimum absolute atomic E-state index is 0.0562. The number of piperazine rings is 1. The molecular weight excluding hydrogens is 388 g/mol. The molecule has 2 aromatic carbocycles. The first-order valence-electron chi connectivity index (χ1n) is 8.89.